The second-order valence-corrected chi connectivity index (χ2v) is 18.9. The van der Waals surface area contributed by atoms with Gasteiger partial charge in [-0.2, -0.15) is 0 Å². The van der Waals surface area contributed by atoms with Crippen molar-refractivity contribution in [1.82, 2.24) is 33.0 Å². The lowest BCUT2D eigenvalue weighted by Gasteiger charge is -2.59. The van der Waals surface area contributed by atoms with Gasteiger partial charge in [0.05, 0.1) is 54.8 Å². The van der Waals surface area contributed by atoms with Gasteiger partial charge in [-0.1, -0.05) is 48.5 Å². The van der Waals surface area contributed by atoms with Gasteiger partial charge >= 0.3 is 0 Å². The van der Waals surface area contributed by atoms with E-state index < -0.39 is 20.0 Å². The molecular weight excluding hydrogens is 647 g/mol. The Balaban J connectivity index is 0.000000131. The van der Waals surface area contributed by atoms with Crippen molar-refractivity contribution in [3.63, 3.8) is 0 Å². The summed E-state index contributed by atoms with van der Waals surface area (Å²) >= 11 is 0. The van der Waals surface area contributed by atoms with Gasteiger partial charge in [0.1, 0.15) is 5.25 Å². The second-order valence-electron chi connectivity index (χ2n) is 14.7. The summed E-state index contributed by atoms with van der Waals surface area (Å²) in [4.78, 5) is 8.66. The Bertz CT molecular complexity index is 2080. The highest BCUT2D eigenvalue weighted by Crippen LogP contribution is 2.59. The van der Waals surface area contributed by atoms with E-state index in [1.165, 1.54) is 39.9 Å². The van der Waals surface area contributed by atoms with Gasteiger partial charge in [0.15, 0.2) is 0 Å². The molecule has 13 heteroatoms. The first-order valence-corrected chi connectivity index (χ1v) is 20.4. The lowest BCUT2D eigenvalue weighted by molar-refractivity contribution is -0.0639. The molecule has 10 rings (SSSR count). The minimum Gasteiger partial charge on any atom is -0.323 e. The maximum absolute atomic E-state index is 12.6. The Morgan fingerprint density at radius 3 is 1.75 bits per heavy atom. The zero-order valence-electron chi connectivity index (χ0n) is 27.0. The summed E-state index contributed by atoms with van der Waals surface area (Å²) in [6, 6.07) is 17.8. The second kappa shape index (κ2) is 11.1. The van der Waals surface area contributed by atoms with Crippen molar-refractivity contribution >= 4 is 20.0 Å². The van der Waals surface area contributed by atoms with Crippen molar-refractivity contribution in [3.05, 3.63) is 84.7 Å². The van der Waals surface area contributed by atoms with Gasteiger partial charge in [0, 0.05) is 50.4 Å². The number of aromatic nitrogens is 4. The molecule has 2 aromatic heterocycles. The maximum atomic E-state index is 12.6. The van der Waals surface area contributed by atoms with Gasteiger partial charge in [-0.05, 0) is 54.1 Å². The molecule has 1 spiro atoms. The van der Waals surface area contributed by atoms with E-state index in [9.17, 15) is 16.8 Å². The van der Waals surface area contributed by atoms with Crippen molar-refractivity contribution < 1.29 is 16.8 Å². The topological polar surface area (TPSA) is 122 Å². The molecule has 7 heterocycles. The van der Waals surface area contributed by atoms with Gasteiger partial charge < -0.3 is 14.5 Å². The molecule has 4 fully saturated rings. The minimum atomic E-state index is -3.13. The number of nitrogens with zero attached hydrogens (tertiary/aromatic N) is 6. The number of imidazole rings is 2. The van der Waals surface area contributed by atoms with Crippen LogP contribution in [0.3, 0.4) is 0 Å². The largest absolute Gasteiger partial charge is 0.323 e. The quantitative estimate of drug-likeness (QED) is 0.341. The van der Waals surface area contributed by atoms with E-state index >= 15 is 0 Å². The standard InChI is InChI=1S/C18H22N4O2S.C17H19N3O2S/c23-25(24,14-9-19-10-14)21-7-5-13(6-8-21)18-16-4-2-1-3-15(16)17-11-20-12-22(17)18;1-23(21,22)19-9-17(10-19)6-12(7-17)16-14-5-3-2-4-13(14)15-8-18-11-20(15)16/h1-4,11-14,18-19H,5-10H2;2-5,8,11-12,16H,6-7,9-10H2,1H3. The molecule has 1 saturated carbocycles. The van der Waals surface area contributed by atoms with Gasteiger partial charge in [0.2, 0.25) is 20.0 Å². The number of benzene rings is 2. The normalized spacial score (nSPS) is 25.2. The third kappa shape index (κ3) is 4.76. The van der Waals surface area contributed by atoms with Crippen LogP contribution in [0.4, 0.5) is 0 Å². The molecule has 2 atom stereocenters. The molecule has 6 aliphatic rings. The van der Waals surface area contributed by atoms with Crippen LogP contribution in [-0.4, -0.2) is 95.3 Å². The average molecular weight is 688 g/mol. The van der Waals surface area contributed by atoms with Crippen molar-refractivity contribution in [2.24, 2.45) is 17.3 Å². The summed E-state index contributed by atoms with van der Waals surface area (Å²) in [6.45, 7) is 3.85. The molecule has 0 amide bonds. The minimum absolute atomic E-state index is 0.225. The smallest absolute Gasteiger partial charge is 0.219 e. The van der Waals surface area contributed by atoms with Crippen LogP contribution in [0.1, 0.15) is 48.9 Å². The van der Waals surface area contributed by atoms with E-state index in [4.69, 9.17) is 0 Å². The predicted octanol–water partition coefficient (Wildman–Crippen LogP) is 3.59. The molecule has 4 aromatic rings. The first-order chi connectivity index (χ1) is 23.1. The number of rotatable bonds is 5. The number of sulfonamides is 2. The highest BCUT2D eigenvalue weighted by Gasteiger charge is 2.57. The summed E-state index contributed by atoms with van der Waals surface area (Å²) < 4.78 is 56.3. The van der Waals surface area contributed by atoms with E-state index in [1.807, 2.05) is 25.0 Å². The summed E-state index contributed by atoms with van der Waals surface area (Å²) in [5, 5.41) is 2.84. The van der Waals surface area contributed by atoms with Crippen LogP contribution in [0.2, 0.25) is 0 Å². The molecule has 0 bridgehead atoms. The molecule has 3 saturated heterocycles. The highest BCUT2D eigenvalue weighted by molar-refractivity contribution is 7.89. The molecule has 11 nitrogen and oxygen atoms in total. The summed E-state index contributed by atoms with van der Waals surface area (Å²) in [5.74, 6) is 1.02. The molecule has 2 unspecified atom stereocenters. The van der Waals surface area contributed by atoms with Gasteiger partial charge in [-0.3, -0.25) is 0 Å². The maximum Gasteiger partial charge on any atom is 0.219 e. The van der Waals surface area contributed by atoms with Crippen LogP contribution in [0.15, 0.2) is 73.6 Å². The van der Waals surface area contributed by atoms with E-state index in [0.29, 0.717) is 57.1 Å². The average Bonchev–Trinajstić information content (AvgIpc) is 3.77. The number of nitrogens with one attached hydrogen (secondary N) is 1. The number of fused-ring (bicyclic) bond motifs is 6. The fourth-order valence-electron chi connectivity index (χ4n) is 9.31. The lowest BCUT2D eigenvalue weighted by atomic mass is 9.56. The Morgan fingerprint density at radius 1 is 0.729 bits per heavy atom. The first kappa shape index (κ1) is 30.7. The first-order valence-electron chi connectivity index (χ1n) is 17.0. The van der Waals surface area contributed by atoms with Gasteiger partial charge in [-0.15, -0.1) is 0 Å². The molecule has 48 heavy (non-hydrogen) atoms. The SMILES string of the molecule is CS(=O)(=O)N1CC2(CC(C3c4ccccc4-c4cncn43)C2)C1.O=S(=O)(C1CNC1)N1CCC(C2c3ccccc3-c3cncn32)CC1. The Morgan fingerprint density at radius 2 is 1.25 bits per heavy atom. The number of hydrogen-bond donors (Lipinski definition) is 1. The number of piperidine rings is 1. The molecule has 0 radical (unpaired) electrons. The lowest BCUT2D eigenvalue weighted by Crippen LogP contribution is -2.64. The van der Waals surface area contributed by atoms with Crippen LogP contribution in [-0.2, 0) is 20.0 Å². The fraction of sp³-hybridized carbons (Fsp3) is 0.486. The highest BCUT2D eigenvalue weighted by atomic mass is 32.2. The molecule has 252 valence electrons. The van der Waals surface area contributed by atoms with E-state index in [0.717, 1.165) is 25.7 Å². The Kier molecular flexibility index (Phi) is 7.08. The van der Waals surface area contributed by atoms with Crippen molar-refractivity contribution in [1.29, 1.82) is 0 Å². The third-order valence-corrected chi connectivity index (χ3v) is 15.3. The molecule has 1 aliphatic carbocycles. The van der Waals surface area contributed by atoms with Crippen LogP contribution in [0, 0.1) is 17.3 Å². The third-order valence-electron chi connectivity index (χ3n) is 11.8. The zero-order valence-corrected chi connectivity index (χ0v) is 28.7. The van der Waals surface area contributed by atoms with E-state index in [1.54, 1.807) is 8.61 Å². The summed E-state index contributed by atoms with van der Waals surface area (Å²) in [5.41, 5.74) is 7.91. The summed E-state index contributed by atoms with van der Waals surface area (Å²) in [6.07, 6.45) is 13.1. The van der Waals surface area contributed by atoms with Crippen molar-refractivity contribution in [3.8, 4) is 22.5 Å². The van der Waals surface area contributed by atoms with Crippen LogP contribution in [0.25, 0.3) is 22.5 Å². The molecule has 1 N–H and O–H groups in total. The monoisotopic (exact) mass is 687 g/mol. The summed E-state index contributed by atoms with van der Waals surface area (Å²) in [7, 11) is -6.15. The van der Waals surface area contributed by atoms with Crippen LogP contribution < -0.4 is 5.32 Å². The van der Waals surface area contributed by atoms with Crippen LogP contribution >= 0.6 is 0 Å². The Hall–Kier alpha value is -3.36. The molecular formula is C35H41N7O4S2. The van der Waals surface area contributed by atoms with E-state index in [-0.39, 0.29) is 16.7 Å². The van der Waals surface area contributed by atoms with E-state index in [2.05, 4.69) is 72.9 Å². The number of hydrogen-bond acceptors (Lipinski definition) is 7. The van der Waals surface area contributed by atoms with Crippen molar-refractivity contribution in [2.75, 3.05) is 45.5 Å². The van der Waals surface area contributed by atoms with Gasteiger partial charge in [-0.25, -0.2) is 35.4 Å². The van der Waals surface area contributed by atoms with Crippen LogP contribution in [0.5, 0.6) is 0 Å². The van der Waals surface area contributed by atoms with Gasteiger partial charge in [0.25, 0.3) is 0 Å². The molecule has 2 aromatic carbocycles. The Labute approximate surface area is 282 Å². The van der Waals surface area contributed by atoms with Crippen molar-refractivity contribution in [2.45, 2.75) is 43.0 Å². The fourth-order valence-corrected chi connectivity index (χ4v) is 12.1. The molecule has 5 aliphatic heterocycles. The predicted molar refractivity (Wildman–Crippen MR) is 183 cm³/mol. The zero-order chi connectivity index (χ0) is 32.8.